The predicted molar refractivity (Wildman–Crippen MR) is 51.3 cm³/mol. The minimum Gasteiger partial charge on any atom is -0.374 e. The van der Waals surface area contributed by atoms with E-state index < -0.39 is 0 Å². The molecule has 2 fully saturated rings. The zero-order chi connectivity index (χ0) is 9.54. The maximum Gasteiger partial charge on any atom is 0.146 e. The third-order valence-corrected chi connectivity index (χ3v) is 3.55. The average molecular weight is 214 g/mol. The number of rotatable bonds is 2. The summed E-state index contributed by atoms with van der Waals surface area (Å²) in [5.74, 6) is 1.82. The molecule has 0 spiro atoms. The van der Waals surface area contributed by atoms with E-state index in [1.165, 1.54) is 6.42 Å². The number of ether oxygens (including phenoxy) is 1. The fraction of sp³-hybridized carbons (Fsp3) is 0.700. The largest absolute Gasteiger partial charge is 0.374 e. The van der Waals surface area contributed by atoms with Crippen LogP contribution in [0.5, 0.6) is 0 Å². The van der Waals surface area contributed by atoms with E-state index in [9.17, 15) is 0 Å². The summed E-state index contributed by atoms with van der Waals surface area (Å²) in [7, 11) is 0. The summed E-state index contributed by atoms with van der Waals surface area (Å²) in [5.41, 5.74) is 1.02. The highest BCUT2D eigenvalue weighted by molar-refractivity contribution is 6.17. The molecule has 3 atom stereocenters. The van der Waals surface area contributed by atoms with Crippen molar-refractivity contribution < 1.29 is 9.26 Å². The Kier molecular flexibility index (Phi) is 2.03. The summed E-state index contributed by atoms with van der Waals surface area (Å²) >= 11 is 5.81. The molecule has 3 rings (SSSR count). The van der Waals surface area contributed by atoms with Crippen molar-refractivity contribution in [1.82, 2.24) is 5.16 Å². The van der Waals surface area contributed by atoms with Crippen LogP contribution in [0.25, 0.3) is 0 Å². The second-order valence-electron chi connectivity index (χ2n) is 4.07. The van der Waals surface area contributed by atoms with Gasteiger partial charge in [0.15, 0.2) is 0 Å². The molecule has 76 valence electrons. The van der Waals surface area contributed by atoms with Crippen LogP contribution in [0.15, 0.2) is 10.7 Å². The Morgan fingerprint density at radius 1 is 1.50 bits per heavy atom. The minimum atomic E-state index is 0.343. The van der Waals surface area contributed by atoms with Crippen molar-refractivity contribution in [3.63, 3.8) is 0 Å². The Labute approximate surface area is 87.4 Å². The molecule has 3 nitrogen and oxygen atoms in total. The van der Waals surface area contributed by atoms with Crippen LogP contribution in [-0.2, 0) is 10.6 Å². The number of fused-ring (bicyclic) bond motifs is 2. The Bertz CT molecular complexity index is 339. The molecule has 0 radical (unpaired) electrons. The molecule has 2 aliphatic heterocycles. The van der Waals surface area contributed by atoms with Crippen LogP contribution < -0.4 is 0 Å². The van der Waals surface area contributed by atoms with E-state index in [0.717, 1.165) is 24.2 Å². The fourth-order valence-corrected chi connectivity index (χ4v) is 2.79. The number of hydrogen-bond acceptors (Lipinski definition) is 3. The monoisotopic (exact) mass is 213 g/mol. The maximum absolute atomic E-state index is 5.81. The summed E-state index contributed by atoms with van der Waals surface area (Å²) < 4.78 is 11.1. The topological polar surface area (TPSA) is 35.3 Å². The maximum atomic E-state index is 5.81. The number of aromatic nitrogens is 1. The van der Waals surface area contributed by atoms with Crippen molar-refractivity contribution in [2.45, 2.75) is 43.3 Å². The van der Waals surface area contributed by atoms with Gasteiger partial charge in [0.1, 0.15) is 5.76 Å². The molecule has 1 aromatic heterocycles. The van der Waals surface area contributed by atoms with Crippen molar-refractivity contribution in [2.75, 3.05) is 0 Å². The molecule has 0 saturated carbocycles. The third kappa shape index (κ3) is 1.19. The lowest BCUT2D eigenvalue weighted by Gasteiger charge is -2.16. The summed E-state index contributed by atoms with van der Waals surface area (Å²) in [4.78, 5) is 0. The number of halogens is 1. The first-order chi connectivity index (χ1) is 6.88. The fourth-order valence-electron chi connectivity index (χ4n) is 2.59. The van der Waals surface area contributed by atoms with E-state index in [4.69, 9.17) is 20.9 Å². The highest BCUT2D eigenvalue weighted by Crippen LogP contribution is 2.45. The lowest BCUT2D eigenvalue weighted by molar-refractivity contribution is 0.0978. The van der Waals surface area contributed by atoms with Crippen molar-refractivity contribution >= 4 is 11.6 Å². The van der Waals surface area contributed by atoms with Crippen LogP contribution in [0.4, 0.5) is 0 Å². The van der Waals surface area contributed by atoms with Gasteiger partial charge in [-0.2, -0.15) is 0 Å². The molecule has 0 aromatic carbocycles. The third-order valence-electron chi connectivity index (χ3n) is 3.26. The molecule has 3 heterocycles. The van der Waals surface area contributed by atoms with Crippen LogP contribution in [0.2, 0.25) is 0 Å². The first-order valence-corrected chi connectivity index (χ1v) is 5.57. The Morgan fingerprint density at radius 3 is 3.07 bits per heavy atom. The van der Waals surface area contributed by atoms with Crippen LogP contribution in [0.3, 0.4) is 0 Å². The van der Waals surface area contributed by atoms with Crippen molar-refractivity contribution in [3.8, 4) is 0 Å². The molecule has 0 aliphatic carbocycles. The van der Waals surface area contributed by atoms with E-state index in [1.54, 1.807) is 6.20 Å². The molecule has 1 aromatic rings. The molecule has 3 unspecified atom stereocenters. The summed E-state index contributed by atoms with van der Waals surface area (Å²) in [5, 5.41) is 3.81. The van der Waals surface area contributed by atoms with Crippen molar-refractivity contribution in [2.24, 2.45) is 0 Å². The second-order valence-corrected chi connectivity index (χ2v) is 4.33. The molecule has 2 saturated heterocycles. The van der Waals surface area contributed by atoms with E-state index in [-0.39, 0.29) is 0 Å². The molecular formula is C10H12ClNO2. The highest BCUT2D eigenvalue weighted by atomic mass is 35.5. The van der Waals surface area contributed by atoms with E-state index in [2.05, 4.69) is 5.16 Å². The van der Waals surface area contributed by atoms with Gasteiger partial charge >= 0.3 is 0 Å². The van der Waals surface area contributed by atoms with Gasteiger partial charge in [0, 0.05) is 11.5 Å². The van der Waals surface area contributed by atoms with Gasteiger partial charge in [-0.25, -0.2) is 0 Å². The molecule has 2 aliphatic rings. The van der Waals surface area contributed by atoms with E-state index >= 15 is 0 Å². The van der Waals surface area contributed by atoms with Gasteiger partial charge in [0.05, 0.1) is 24.3 Å². The summed E-state index contributed by atoms with van der Waals surface area (Å²) in [6, 6.07) is 0. The Morgan fingerprint density at radius 2 is 2.43 bits per heavy atom. The number of alkyl halides is 1. The van der Waals surface area contributed by atoms with Gasteiger partial charge < -0.3 is 9.26 Å². The van der Waals surface area contributed by atoms with Crippen LogP contribution >= 0.6 is 11.6 Å². The summed E-state index contributed by atoms with van der Waals surface area (Å²) in [6.07, 6.45) is 5.93. The second kappa shape index (κ2) is 3.24. The van der Waals surface area contributed by atoms with Gasteiger partial charge in [0.25, 0.3) is 0 Å². The van der Waals surface area contributed by atoms with Gasteiger partial charge in [-0.05, 0) is 19.3 Å². The highest BCUT2D eigenvalue weighted by Gasteiger charge is 2.43. The smallest absolute Gasteiger partial charge is 0.146 e. The average Bonchev–Trinajstić information content (AvgIpc) is 2.92. The lowest BCUT2D eigenvalue weighted by atomic mass is 9.86. The molecule has 2 bridgehead atoms. The number of hydrogen-bond donors (Lipinski definition) is 0. The van der Waals surface area contributed by atoms with Crippen molar-refractivity contribution in [1.29, 1.82) is 0 Å². The first-order valence-electron chi connectivity index (χ1n) is 5.03. The Hall–Kier alpha value is -0.540. The van der Waals surface area contributed by atoms with Gasteiger partial charge in [-0.3, -0.25) is 0 Å². The molecular weight excluding hydrogens is 202 g/mol. The van der Waals surface area contributed by atoms with Gasteiger partial charge in [-0.1, -0.05) is 5.16 Å². The van der Waals surface area contributed by atoms with Gasteiger partial charge in [-0.15, -0.1) is 11.6 Å². The normalized spacial score (nSPS) is 35.4. The first kappa shape index (κ1) is 8.74. The quantitative estimate of drug-likeness (QED) is 0.708. The number of nitrogens with zero attached hydrogens (tertiary/aromatic N) is 1. The molecule has 0 amide bonds. The lowest BCUT2D eigenvalue weighted by Crippen LogP contribution is -2.14. The van der Waals surface area contributed by atoms with Crippen molar-refractivity contribution in [3.05, 3.63) is 17.5 Å². The predicted octanol–water partition coefficient (Wildman–Crippen LogP) is 2.45. The SMILES string of the molecule is ClCc1cnoc1C1CC2CCC1O2. The molecule has 0 N–H and O–H groups in total. The summed E-state index contributed by atoms with van der Waals surface area (Å²) in [6.45, 7) is 0. The zero-order valence-corrected chi connectivity index (χ0v) is 8.54. The Balaban J connectivity index is 1.89. The van der Waals surface area contributed by atoms with E-state index in [1.807, 2.05) is 0 Å². The molecule has 4 heteroatoms. The van der Waals surface area contributed by atoms with Crippen LogP contribution in [-0.4, -0.2) is 17.4 Å². The van der Waals surface area contributed by atoms with Gasteiger partial charge in [0.2, 0.25) is 0 Å². The molecule has 14 heavy (non-hydrogen) atoms. The standard InChI is InChI=1S/C10H12ClNO2/c11-4-6-5-12-14-10(6)8-3-7-1-2-9(8)13-7/h5,7-9H,1-4H2. The minimum absolute atomic E-state index is 0.343. The van der Waals surface area contributed by atoms with Crippen LogP contribution in [0, 0.1) is 0 Å². The van der Waals surface area contributed by atoms with E-state index in [0.29, 0.717) is 24.0 Å². The van der Waals surface area contributed by atoms with Crippen LogP contribution in [0.1, 0.15) is 36.5 Å². The zero-order valence-electron chi connectivity index (χ0n) is 7.78.